The number of rotatable bonds is 4. The Kier molecular flexibility index (Phi) is 3.83. The Labute approximate surface area is 103 Å². The zero-order valence-corrected chi connectivity index (χ0v) is 11.2. The first-order valence-corrected chi connectivity index (χ1v) is 6.94. The first-order chi connectivity index (χ1) is 7.16. The third kappa shape index (κ3) is 2.81. The molecule has 1 aromatic heterocycles. The molecule has 0 spiro atoms. The van der Waals surface area contributed by atoms with Gasteiger partial charge in [0.05, 0.1) is 9.89 Å². The minimum atomic E-state index is 0.0520. The van der Waals surface area contributed by atoms with E-state index in [1.54, 1.807) is 11.3 Å². The average molecular weight is 290 g/mol. The Morgan fingerprint density at radius 1 is 1.53 bits per heavy atom. The minimum Gasteiger partial charge on any atom is -0.368 e. The Balaban J connectivity index is 2.04. The summed E-state index contributed by atoms with van der Waals surface area (Å²) >= 11 is 5.18. The van der Waals surface area contributed by atoms with E-state index in [9.17, 15) is 0 Å². The van der Waals surface area contributed by atoms with E-state index < -0.39 is 0 Å². The minimum absolute atomic E-state index is 0.0520. The maximum Gasteiger partial charge on any atom is 0.107 e. The van der Waals surface area contributed by atoms with E-state index in [0.717, 1.165) is 3.79 Å². The fourth-order valence-electron chi connectivity index (χ4n) is 1.65. The number of thiophene rings is 1. The van der Waals surface area contributed by atoms with E-state index in [2.05, 4.69) is 28.1 Å². The molecule has 0 saturated heterocycles. The van der Waals surface area contributed by atoms with Crippen molar-refractivity contribution >= 4 is 27.3 Å². The third-order valence-corrected chi connectivity index (χ3v) is 4.43. The van der Waals surface area contributed by atoms with Crippen molar-refractivity contribution in [3.63, 3.8) is 0 Å². The van der Waals surface area contributed by atoms with E-state index >= 15 is 0 Å². The van der Waals surface area contributed by atoms with Crippen molar-refractivity contribution in [1.82, 2.24) is 0 Å². The molecule has 84 valence electrons. The Morgan fingerprint density at radius 3 is 2.67 bits per heavy atom. The lowest BCUT2D eigenvalue weighted by Gasteiger charge is -2.31. The largest absolute Gasteiger partial charge is 0.368 e. The van der Waals surface area contributed by atoms with E-state index in [1.165, 1.54) is 24.1 Å². The van der Waals surface area contributed by atoms with Crippen molar-refractivity contribution in [2.24, 2.45) is 5.73 Å². The van der Waals surface area contributed by atoms with Crippen molar-refractivity contribution in [2.75, 3.05) is 0 Å². The summed E-state index contributed by atoms with van der Waals surface area (Å²) in [6.07, 6.45) is 4.17. The summed E-state index contributed by atoms with van der Waals surface area (Å²) in [4.78, 5) is 1.23. The Hall–Kier alpha value is 0.1000. The van der Waals surface area contributed by atoms with Gasteiger partial charge in [0.25, 0.3) is 0 Å². The molecule has 2 rings (SSSR count). The normalized spacial score (nSPS) is 21.0. The first kappa shape index (κ1) is 11.6. The Morgan fingerprint density at radius 2 is 2.27 bits per heavy atom. The second kappa shape index (κ2) is 4.95. The zero-order chi connectivity index (χ0) is 10.8. The van der Waals surface area contributed by atoms with E-state index in [0.29, 0.717) is 6.10 Å². The van der Waals surface area contributed by atoms with Crippen LogP contribution in [0.1, 0.15) is 37.2 Å². The van der Waals surface area contributed by atoms with Gasteiger partial charge in [-0.1, -0.05) is 0 Å². The van der Waals surface area contributed by atoms with E-state index in [4.69, 9.17) is 10.5 Å². The van der Waals surface area contributed by atoms with Gasteiger partial charge in [-0.25, -0.2) is 0 Å². The van der Waals surface area contributed by atoms with Crippen LogP contribution < -0.4 is 5.73 Å². The van der Waals surface area contributed by atoms with Crippen LogP contribution >= 0.6 is 27.3 Å². The maximum absolute atomic E-state index is 6.01. The lowest BCUT2D eigenvalue weighted by atomic mass is 9.95. The van der Waals surface area contributed by atoms with Gasteiger partial charge in [-0.05, 0) is 54.2 Å². The summed E-state index contributed by atoms with van der Waals surface area (Å²) in [5.41, 5.74) is 5.97. The van der Waals surface area contributed by atoms with Gasteiger partial charge in [-0.2, -0.15) is 0 Å². The predicted octanol–water partition coefficient (Wildman–Crippen LogP) is 3.47. The molecule has 1 fully saturated rings. The monoisotopic (exact) mass is 289 g/mol. The van der Waals surface area contributed by atoms with Gasteiger partial charge in [0.1, 0.15) is 6.10 Å². The van der Waals surface area contributed by atoms with Crippen molar-refractivity contribution in [3.05, 3.63) is 20.8 Å². The standard InChI is InChI=1S/C11H16BrNOS/c1-7(13)11(14-8-3-2-4-8)9-5-6-10(12)15-9/h5-8,11H,2-4,13H2,1H3. The van der Waals surface area contributed by atoms with Crippen LogP contribution in [0.15, 0.2) is 15.9 Å². The molecule has 0 aromatic carbocycles. The van der Waals surface area contributed by atoms with Gasteiger partial charge < -0.3 is 10.5 Å². The van der Waals surface area contributed by atoms with Crippen LogP contribution in [0.3, 0.4) is 0 Å². The lowest BCUT2D eigenvalue weighted by molar-refractivity contribution is -0.0595. The molecule has 1 heterocycles. The highest BCUT2D eigenvalue weighted by Gasteiger charge is 2.26. The summed E-state index contributed by atoms with van der Waals surface area (Å²) < 4.78 is 7.15. The molecule has 2 nitrogen and oxygen atoms in total. The molecule has 1 saturated carbocycles. The molecule has 2 unspecified atom stereocenters. The van der Waals surface area contributed by atoms with Crippen LogP contribution in [-0.4, -0.2) is 12.1 Å². The Bertz CT molecular complexity index is 322. The van der Waals surface area contributed by atoms with Crippen LogP contribution in [0.25, 0.3) is 0 Å². The molecule has 1 aliphatic carbocycles. The molecule has 2 N–H and O–H groups in total. The summed E-state index contributed by atoms with van der Waals surface area (Å²) in [5, 5.41) is 0. The van der Waals surface area contributed by atoms with E-state index in [-0.39, 0.29) is 12.1 Å². The van der Waals surface area contributed by atoms with Gasteiger partial charge in [-0.3, -0.25) is 0 Å². The highest BCUT2D eigenvalue weighted by Crippen LogP contribution is 2.35. The summed E-state index contributed by atoms with van der Waals surface area (Å²) in [6.45, 7) is 2.01. The molecular formula is C11H16BrNOS. The van der Waals surface area contributed by atoms with E-state index in [1.807, 2.05) is 6.92 Å². The maximum atomic E-state index is 6.01. The second-order valence-corrected chi connectivity index (χ2v) is 6.61. The van der Waals surface area contributed by atoms with Crippen LogP contribution in [0.2, 0.25) is 0 Å². The van der Waals surface area contributed by atoms with Crippen molar-refractivity contribution in [1.29, 1.82) is 0 Å². The van der Waals surface area contributed by atoms with Gasteiger partial charge in [-0.15, -0.1) is 11.3 Å². The summed E-state index contributed by atoms with van der Waals surface area (Å²) in [6, 6.07) is 4.21. The van der Waals surface area contributed by atoms with Gasteiger partial charge in [0, 0.05) is 10.9 Å². The number of hydrogen-bond donors (Lipinski definition) is 1. The molecule has 1 aromatic rings. The lowest BCUT2D eigenvalue weighted by Crippen LogP contribution is -2.32. The summed E-state index contributed by atoms with van der Waals surface area (Å²) in [7, 11) is 0. The van der Waals surface area contributed by atoms with Crippen molar-refractivity contribution in [3.8, 4) is 0 Å². The van der Waals surface area contributed by atoms with Gasteiger partial charge in [0.2, 0.25) is 0 Å². The zero-order valence-electron chi connectivity index (χ0n) is 8.78. The molecule has 0 aliphatic heterocycles. The van der Waals surface area contributed by atoms with Crippen LogP contribution in [0, 0.1) is 0 Å². The number of ether oxygens (including phenoxy) is 1. The second-order valence-electron chi connectivity index (χ2n) is 4.11. The third-order valence-electron chi connectivity index (χ3n) is 2.74. The molecule has 0 bridgehead atoms. The van der Waals surface area contributed by atoms with Crippen molar-refractivity contribution < 1.29 is 4.74 Å². The molecule has 0 radical (unpaired) electrons. The molecule has 1 aliphatic rings. The predicted molar refractivity (Wildman–Crippen MR) is 67.1 cm³/mol. The topological polar surface area (TPSA) is 35.2 Å². The molecular weight excluding hydrogens is 274 g/mol. The van der Waals surface area contributed by atoms with Crippen LogP contribution in [0.4, 0.5) is 0 Å². The highest BCUT2D eigenvalue weighted by atomic mass is 79.9. The quantitative estimate of drug-likeness (QED) is 0.921. The van der Waals surface area contributed by atoms with Crippen LogP contribution in [0.5, 0.6) is 0 Å². The van der Waals surface area contributed by atoms with Crippen molar-refractivity contribution in [2.45, 2.75) is 44.4 Å². The highest BCUT2D eigenvalue weighted by molar-refractivity contribution is 9.11. The average Bonchev–Trinajstić information content (AvgIpc) is 2.49. The van der Waals surface area contributed by atoms with Gasteiger partial charge in [0.15, 0.2) is 0 Å². The summed E-state index contributed by atoms with van der Waals surface area (Å²) in [5.74, 6) is 0. The number of nitrogens with two attached hydrogens (primary N) is 1. The van der Waals surface area contributed by atoms with Gasteiger partial charge >= 0.3 is 0 Å². The molecule has 15 heavy (non-hydrogen) atoms. The fourth-order valence-corrected chi connectivity index (χ4v) is 3.22. The SMILES string of the molecule is CC(N)C(OC1CCC1)c1ccc(Br)s1. The number of halogens is 1. The van der Waals surface area contributed by atoms with Crippen LogP contribution in [-0.2, 0) is 4.74 Å². The smallest absolute Gasteiger partial charge is 0.107 e. The molecule has 0 amide bonds. The fraction of sp³-hybridized carbons (Fsp3) is 0.636. The molecule has 4 heteroatoms. The molecule has 2 atom stereocenters. The number of hydrogen-bond acceptors (Lipinski definition) is 3. The first-order valence-electron chi connectivity index (χ1n) is 5.33.